The van der Waals surface area contributed by atoms with E-state index in [0.717, 1.165) is 5.56 Å². The Labute approximate surface area is 118 Å². The van der Waals surface area contributed by atoms with Gasteiger partial charge in [-0.1, -0.05) is 48.5 Å². The summed E-state index contributed by atoms with van der Waals surface area (Å²) in [5.41, 5.74) is 6.05. The molecule has 5 nitrogen and oxygen atoms in total. The Morgan fingerprint density at radius 3 is 1.90 bits per heavy atom. The minimum absolute atomic E-state index is 0. The zero-order chi connectivity index (χ0) is 14.8. The van der Waals surface area contributed by atoms with Gasteiger partial charge in [-0.15, -0.1) is 0 Å². The molecule has 5 heteroatoms. The Hall–Kier alpha value is -2.82. The number of amides is 1. The number of carbonyl (C=O) groups is 2. The van der Waals surface area contributed by atoms with Crippen LogP contribution in [0.4, 0.5) is 4.79 Å². The van der Waals surface area contributed by atoms with Crippen molar-refractivity contribution >= 4 is 12.1 Å². The summed E-state index contributed by atoms with van der Waals surface area (Å²) in [4.78, 5) is 20.4. The van der Waals surface area contributed by atoms with Crippen molar-refractivity contribution in [3.8, 4) is 0 Å². The third-order valence-corrected chi connectivity index (χ3v) is 2.24. The van der Waals surface area contributed by atoms with Gasteiger partial charge >= 0.3 is 12.1 Å². The molecule has 2 rings (SSSR count). The van der Waals surface area contributed by atoms with Crippen LogP contribution in [0.1, 0.15) is 17.3 Å². The quantitative estimate of drug-likeness (QED) is 0.901. The second-order valence-electron chi connectivity index (χ2n) is 3.76. The number of nitrogens with two attached hydrogens (primary N) is 1. The Morgan fingerprint density at radius 2 is 1.50 bits per heavy atom. The van der Waals surface area contributed by atoms with E-state index in [2.05, 4.69) is 4.74 Å². The predicted octanol–water partition coefficient (Wildman–Crippen LogP) is 2.91. The van der Waals surface area contributed by atoms with Crippen LogP contribution in [0.2, 0.25) is 0 Å². The van der Waals surface area contributed by atoms with E-state index in [1.165, 1.54) is 0 Å². The van der Waals surface area contributed by atoms with Gasteiger partial charge in [-0.3, -0.25) is 0 Å². The molecule has 0 unspecified atom stereocenters. The van der Waals surface area contributed by atoms with Crippen molar-refractivity contribution in [3.05, 3.63) is 71.8 Å². The van der Waals surface area contributed by atoms with Crippen LogP contribution in [-0.4, -0.2) is 17.2 Å². The summed E-state index contributed by atoms with van der Waals surface area (Å²) >= 11 is 0. The molecule has 0 aliphatic heterocycles. The molecule has 0 aliphatic rings. The van der Waals surface area contributed by atoms with Crippen molar-refractivity contribution in [2.75, 3.05) is 0 Å². The fourth-order valence-corrected chi connectivity index (χ4v) is 1.31. The number of rotatable bonds is 3. The fourth-order valence-electron chi connectivity index (χ4n) is 1.31. The molecule has 0 radical (unpaired) electrons. The van der Waals surface area contributed by atoms with E-state index in [0.29, 0.717) is 5.56 Å². The number of benzene rings is 2. The van der Waals surface area contributed by atoms with Gasteiger partial charge in [0.2, 0.25) is 0 Å². The Balaban J connectivity index is 0.000000370. The third-order valence-electron chi connectivity index (χ3n) is 2.24. The van der Waals surface area contributed by atoms with Gasteiger partial charge in [0, 0.05) is 1.43 Å². The van der Waals surface area contributed by atoms with E-state index >= 15 is 0 Å². The van der Waals surface area contributed by atoms with Gasteiger partial charge in [0.25, 0.3) is 0 Å². The predicted molar refractivity (Wildman–Crippen MR) is 76.3 cm³/mol. The van der Waals surface area contributed by atoms with Gasteiger partial charge in [-0.2, -0.15) is 0 Å². The number of primary amides is 1. The minimum Gasteiger partial charge on any atom is -0.478 e. The van der Waals surface area contributed by atoms with Crippen LogP contribution in [-0.2, 0) is 11.3 Å². The molecule has 0 spiro atoms. The zero-order valence-electron chi connectivity index (χ0n) is 10.7. The summed E-state index contributed by atoms with van der Waals surface area (Å²) in [6, 6.07) is 17.7. The van der Waals surface area contributed by atoms with Gasteiger partial charge in [0.15, 0.2) is 0 Å². The lowest BCUT2D eigenvalue weighted by atomic mass is 10.2. The number of hydrogen-bond donors (Lipinski definition) is 2. The molecule has 3 N–H and O–H groups in total. The lowest BCUT2D eigenvalue weighted by molar-refractivity contribution is 0.0697. The van der Waals surface area contributed by atoms with E-state index in [-0.39, 0.29) is 8.03 Å². The maximum Gasteiger partial charge on any atom is 0.404 e. The first-order valence-corrected chi connectivity index (χ1v) is 5.84. The number of aromatic carboxylic acids is 1. The van der Waals surface area contributed by atoms with E-state index < -0.39 is 12.1 Å². The highest BCUT2D eigenvalue weighted by atomic mass is 16.5. The monoisotopic (exact) mass is 275 g/mol. The highest BCUT2D eigenvalue weighted by Gasteiger charge is 1.96. The third kappa shape index (κ3) is 6.20. The molecule has 106 valence electrons. The van der Waals surface area contributed by atoms with Gasteiger partial charge < -0.3 is 15.6 Å². The van der Waals surface area contributed by atoms with Crippen molar-refractivity contribution in [2.45, 2.75) is 6.61 Å². The molecule has 2 aromatic carbocycles. The van der Waals surface area contributed by atoms with Crippen molar-refractivity contribution in [1.29, 1.82) is 0 Å². The van der Waals surface area contributed by atoms with Crippen molar-refractivity contribution in [1.82, 2.24) is 0 Å². The molecule has 0 heterocycles. The molecule has 0 aromatic heterocycles. The number of carboxylic acids is 1. The van der Waals surface area contributed by atoms with Crippen molar-refractivity contribution < 1.29 is 20.9 Å². The summed E-state index contributed by atoms with van der Waals surface area (Å²) in [7, 11) is 0. The molecule has 0 fully saturated rings. The molecule has 0 bridgehead atoms. The normalized spacial score (nSPS) is 9.00. The number of hydrogen-bond acceptors (Lipinski definition) is 3. The molecule has 0 aliphatic carbocycles. The molecule has 1 amide bonds. The highest BCUT2D eigenvalue weighted by molar-refractivity contribution is 5.87. The van der Waals surface area contributed by atoms with Crippen LogP contribution in [0.15, 0.2) is 60.7 Å². The summed E-state index contributed by atoms with van der Waals surface area (Å²) in [6.07, 6.45) is -0.742. The summed E-state index contributed by atoms with van der Waals surface area (Å²) in [6.45, 7) is 0.246. The maximum absolute atomic E-state index is 10.2. The van der Waals surface area contributed by atoms with Gasteiger partial charge in [-0.25, -0.2) is 9.59 Å². The number of carboxylic acid groups (broad SMARTS) is 1. The largest absolute Gasteiger partial charge is 0.478 e. The average molecular weight is 275 g/mol. The highest BCUT2D eigenvalue weighted by Crippen LogP contribution is 1.99. The van der Waals surface area contributed by atoms with E-state index in [1.54, 1.807) is 30.3 Å². The van der Waals surface area contributed by atoms with Gasteiger partial charge in [0.05, 0.1) is 5.56 Å². The SMILES string of the molecule is NC(=O)OCc1ccccc1.O=C(O)c1ccccc1.[HH]. The van der Waals surface area contributed by atoms with Crippen LogP contribution in [0, 0.1) is 0 Å². The van der Waals surface area contributed by atoms with E-state index in [1.807, 2.05) is 30.3 Å². The summed E-state index contributed by atoms with van der Waals surface area (Å²) in [5, 5.41) is 8.38. The van der Waals surface area contributed by atoms with Crippen molar-refractivity contribution in [3.63, 3.8) is 0 Å². The lowest BCUT2D eigenvalue weighted by Gasteiger charge is -1.99. The fraction of sp³-hybridized carbons (Fsp3) is 0.0667. The number of carbonyl (C=O) groups excluding carboxylic acids is 1. The molecular formula is C15H17NO4. The van der Waals surface area contributed by atoms with Crippen LogP contribution in [0.5, 0.6) is 0 Å². The Kier molecular flexibility index (Phi) is 6.33. The first-order valence-electron chi connectivity index (χ1n) is 5.84. The first kappa shape index (κ1) is 15.2. The molecule has 2 aromatic rings. The average Bonchev–Trinajstić information content (AvgIpc) is 2.48. The minimum atomic E-state index is -0.879. The van der Waals surface area contributed by atoms with E-state index in [4.69, 9.17) is 10.8 Å². The molecule has 0 saturated heterocycles. The second kappa shape index (κ2) is 8.31. The van der Waals surface area contributed by atoms with Crippen LogP contribution < -0.4 is 5.73 Å². The standard InChI is InChI=1S/C8H9NO2.C7H6O2.H2/c9-8(10)11-6-7-4-2-1-3-5-7;8-7(9)6-4-2-1-3-5-6;/h1-5H,6H2,(H2,9,10);1-5H,(H,8,9);1H. The molecule has 20 heavy (non-hydrogen) atoms. The Morgan fingerprint density at radius 1 is 1.00 bits per heavy atom. The summed E-state index contributed by atoms with van der Waals surface area (Å²) < 4.78 is 4.57. The smallest absolute Gasteiger partial charge is 0.404 e. The lowest BCUT2D eigenvalue weighted by Crippen LogP contribution is -2.12. The van der Waals surface area contributed by atoms with Crippen LogP contribution in [0.3, 0.4) is 0 Å². The van der Waals surface area contributed by atoms with Gasteiger partial charge in [0.1, 0.15) is 6.61 Å². The topological polar surface area (TPSA) is 89.6 Å². The Bertz CT molecular complexity index is 546. The van der Waals surface area contributed by atoms with Crippen LogP contribution in [0.25, 0.3) is 0 Å². The van der Waals surface area contributed by atoms with Crippen molar-refractivity contribution in [2.24, 2.45) is 5.73 Å². The molecule has 0 saturated carbocycles. The maximum atomic E-state index is 10.2. The van der Waals surface area contributed by atoms with Gasteiger partial charge in [-0.05, 0) is 17.7 Å². The second-order valence-corrected chi connectivity index (χ2v) is 3.76. The molecule has 0 atom stereocenters. The molecular weight excluding hydrogens is 258 g/mol. The zero-order valence-corrected chi connectivity index (χ0v) is 10.7. The number of ether oxygens (including phenoxy) is 1. The summed E-state index contributed by atoms with van der Waals surface area (Å²) in [5.74, 6) is -0.879. The first-order chi connectivity index (χ1) is 9.59. The van der Waals surface area contributed by atoms with E-state index in [9.17, 15) is 9.59 Å². The van der Waals surface area contributed by atoms with Crippen LogP contribution >= 0.6 is 0 Å².